The van der Waals surface area contributed by atoms with Gasteiger partial charge in [0.1, 0.15) is 0 Å². The number of benzene rings is 1. The molecule has 17 heavy (non-hydrogen) atoms. The van der Waals surface area contributed by atoms with Crippen LogP contribution in [0.3, 0.4) is 0 Å². The molecule has 1 aromatic rings. The first-order chi connectivity index (χ1) is 8.26. The van der Waals surface area contributed by atoms with Crippen molar-refractivity contribution in [3.63, 3.8) is 0 Å². The van der Waals surface area contributed by atoms with E-state index in [1.807, 2.05) is 0 Å². The fourth-order valence-corrected chi connectivity index (χ4v) is 3.17. The molecule has 2 rings (SSSR count). The van der Waals surface area contributed by atoms with Crippen LogP contribution in [0, 0.1) is 0 Å². The van der Waals surface area contributed by atoms with Crippen LogP contribution in [0.1, 0.15) is 38.2 Å². The third kappa shape index (κ3) is 2.83. The molecule has 2 N–H and O–H groups in total. The number of nitrogens with two attached hydrogens (primary N) is 1. The SMILES string of the molecule is CCC1CCCCN1c1ccc(CN)c(Br)c1. The number of hydrogen-bond donors (Lipinski definition) is 1. The lowest BCUT2D eigenvalue weighted by Crippen LogP contribution is -2.39. The number of anilines is 1. The molecular formula is C14H21BrN2. The molecule has 2 nitrogen and oxygen atoms in total. The number of hydrogen-bond acceptors (Lipinski definition) is 2. The summed E-state index contributed by atoms with van der Waals surface area (Å²) in [5.74, 6) is 0. The molecule has 1 fully saturated rings. The lowest BCUT2D eigenvalue weighted by atomic mass is 9.99. The Kier molecular flexibility index (Phi) is 4.46. The molecule has 1 saturated heterocycles. The zero-order valence-corrected chi connectivity index (χ0v) is 12.0. The molecule has 0 radical (unpaired) electrons. The van der Waals surface area contributed by atoms with Crippen molar-refractivity contribution in [1.82, 2.24) is 0 Å². The minimum Gasteiger partial charge on any atom is -0.369 e. The summed E-state index contributed by atoms with van der Waals surface area (Å²) in [6.45, 7) is 4.07. The second kappa shape index (κ2) is 5.87. The highest BCUT2D eigenvalue weighted by Crippen LogP contribution is 2.29. The fraction of sp³-hybridized carbons (Fsp3) is 0.571. The summed E-state index contributed by atoms with van der Waals surface area (Å²) < 4.78 is 1.14. The Balaban J connectivity index is 2.23. The van der Waals surface area contributed by atoms with E-state index < -0.39 is 0 Å². The average molecular weight is 297 g/mol. The van der Waals surface area contributed by atoms with Crippen molar-refractivity contribution < 1.29 is 0 Å². The summed E-state index contributed by atoms with van der Waals surface area (Å²) in [5, 5.41) is 0. The number of rotatable bonds is 3. The van der Waals surface area contributed by atoms with Crippen LogP contribution in [-0.2, 0) is 6.54 Å². The van der Waals surface area contributed by atoms with E-state index in [2.05, 4.69) is 46.0 Å². The maximum absolute atomic E-state index is 5.69. The third-order valence-electron chi connectivity index (χ3n) is 3.69. The van der Waals surface area contributed by atoms with Crippen LogP contribution in [0.4, 0.5) is 5.69 Å². The number of piperidine rings is 1. The quantitative estimate of drug-likeness (QED) is 0.922. The van der Waals surface area contributed by atoms with Gasteiger partial charge in [-0.3, -0.25) is 0 Å². The molecular weight excluding hydrogens is 276 g/mol. The van der Waals surface area contributed by atoms with E-state index in [1.54, 1.807) is 0 Å². The van der Waals surface area contributed by atoms with Crippen LogP contribution in [0.25, 0.3) is 0 Å². The van der Waals surface area contributed by atoms with Gasteiger partial charge in [0, 0.05) is 29.3 Å². The summed E-state index contributed by atoms with van der Waals surface area (Å²) in [5.41, 5.74) is 8.20. The van der Waals surface area contributed by atoms with E-state index in [0.717, 1.165) is 4.47 Å². The first-order valence-corrected chi connectivity index (χ1v) is 7.30. The van der Waals surface area contributed by atoms with Gasteiger partial charge in [-0.1, -0.05) is 28.9 Å². The van der Waals surface area contributed by atoms with Gasteiger partial charge < -0.3 is 10.6 Å². The van der Waals surface area contributed by atoms with Gasteiger partial charge in [0.2, 0.25) is 0 Å². The zero-order valence-electron chi connectivity index (χ0n) is 10.5. The smallest absolute Gasteiger partial charge is 0.0380 e. The van der Waals surface area contributed by atoms with Crippen molar-refractivity contribution in [3.05, 3.63) is 28.2 Å². The number of nitrogens with zero attached hydrogens (tertiary/aromatic N) is 1. The van der Waals surface area contributed by atoms with Crippen molar-refractivity contribution in [2.24, 2.45) is 5.73 Å². The van der Waals surface area contributed by atoms with Gasteiger partial charge >= 0.3 is 0 Å². The van der Waals surface area contributed by atoms with E-state index in [0.29, 0.717) is 12.6 Å². The maximum atomic E-state index is 5.69. The van der Waals surface area contributed by atoms with Crippen molar-refractivity contribution in [2.75, 3.05) is 11.4 Å². The lowest BCUT2D eigenvalue weighted by molar-refractivity contribution is 0.450. The largest absolute Gasteiger partial charge is 0.369 e. The topological polar surface area (TPSA) is 29.3 Å². The summed E-state index contributed by atoms with van der Waals surface area (Å²) in [4.78, 5) is 2.55. The number of halogens is 1. The highest BCUT2D eigenvalue weighted by molar-refractivity contribution is 9.10. The molecule has 1 unspecified atom stereocenters. The molecule has 0 saturated carbocycles. The Bertz CT molecular complexity index is 378. The average Bonchev–Trinajstić information content (AvgIpc) is 2.38. The standard InChI is InChI=1S/C14H21BrN2/c1-2-12-5-3-4-8-17(12)13-7-6-11(10-16)14(15)9-13/h6-7,9,12H,2-5,8,10,16H2,1H3. The molecule has 0 spiro atoms. The normalized spacial score (nSPS) is 20.6. The van der Waals surface area contributed by atoms with Crippen LogP contribution >= 0.6 is 15.9 Å². The first-order valence-electron chi connectivity index (χ1n) is 6.51. The summed E-state index contributed by atoms with van der Waals surface area (Å²) >= 11 is 3.61. The second-order valence-corrected chi connectivity index (χ2v) is 5.59. The first kappa shape index (κ1) is 12.9. The fourth-order valence-electron chi connectivity index (χ4n) is 2.65. The molecule has 1 aliphatic rings. The van der Waals surface area contributed by atoms with Gasteiger partial charge in [-0.25, -0.2) is 0 Å². The van der Waals surface area contributed by atoms with E-state index in [-0.39, 0.29) is 0 Å². The molecule has 0 amide bonds. The summed E-state index contributed by atoms with van der Waals surface area (Å²) in [6, 6.07) is 7.28. The Morgan fingerprint density at radius 3 is 2.88 bits per heavy atom. The van der Waals surface area contributed by atoms with Crippen molar-refractivity contribution in [3.8, 4) is 0 Å². The molecule has 1 heterocycles. The minimum absolute atomic E-state index is 0.595. The molecule has 1 atom stereocenters. The predicted octanol–water partition coefficient (Wildman–Crippen LogP) is 3.68. The third-order valence-corrected chi connectivity index (χ3v) is 4.42. The second-order valence-electron chi connectivity index (χ2n) is 4.73. The van der Waals surface area contributed by atoms with Crippen molar-refractivity contribution in [1.29, 1.82) is 0 Å². The Hall–Kier alpha value is -0.540. The van der Waals surface area contributed by atoms with Crippen LogP contribution in [-0.4, -0.2) is 12.6 Å². The van der Waals surface area contributed by atoms with Gasteiger partial charge in [0.05, 0.1) is 0 Å². The lowest BCUT2D eigenvalue weighted by Gasteiger charge is -2.37. The van der Waals surface area contributed by atoms with Crippen molar-refractivity contribution in [2.45, 2.75) is 45.2 Å². The monoisotopic (exact) mass is 296 g/mol. The van der Waals surface area contributed by atoms with Crippen LogP contribution in [0.2, 0.25) is 0 Å². The molecule has 94 valence electrons. The van der Waals surface area contributed by atoms with E-state index >= 15 is 0 Å². The Morgan fingerprint density at radius 2 is 2.24 bits per heavy atom. The van der Waals surface area contributed by atoms with Crippen molar-refractivity contribution >= 4 is 21.6 Å². The highest BCUT2D eigenvalue weighted by Gasteiger charge is 2.21. The Morgan fingerprint density at radius 1 is 1.41 bits per heavy atom. The van der Waals surface area contributed by atoms with E-state index in [1.165, 1.54) is 43.5 Å². The summed E-state index contributed by atoms with van der Waals surface area (Å²) in [6.07, 6.45) is 5.24. The van der Waals surface area contributed by atoms with Crippen LogP contribution < -0.4 is 10.6 Å². The van der Waals surface area contributed by atoms with Crippen LogP contribution in [0.15, 0.2) is 22.7 Å². The van der Waals surface area contributed by atoms with E-state index in [9.17, 15) is 0 Å². The minimum atomic E-state index is 0.595. The predicted molar refractivity (Wildman–Crippen MR) is 77.3 cm³/mol. The molecule has 0 aromatic heterocycles. The Labute approximate surface area is 112 Å². The van der Waals surface area contributed by atoms with Gasteiger partial charge in [-0.2, -0.15) is 0 Å². The highest BCUT2D eigenvalue weighted by atomic mass is 79.9. The molecule has 0 bridgehead atoms. The van der Waals surface area contributed by atoms with Gasteiger partial charge in [-0.15, -0.1) is 0 Å². The van der Waals surface area contributed by atoms with Gasteiger partial charge in [-0.05, 0) is 43.4 Å². The van der Waals surface area contributed by atoms with Gasteiger partial charge in [0.15, 0.2) is 0 Å². The molecule has 3 heteroatoms. The van der Waals surface area contributed by atoms with Crippen LogP contribution in [0.5, 0.6) is 0 Å². The zero-order chi connectivity index (χ0) is 12.3. The molecule has 1 aromatic carbocycles. The van der Waals surface area contributed by atoms with E-state index in [4.69, 9.17) is 5.73 Å². The summed E-state index contributed by atoms with van der Waals surface area (Å²) in [7, 11) is 0. The molecule has 0 aliphatic carbocycles. The molecule has 1 aliphatic heterocycles. The van der Waals surface area contributed by atoms with Gasteiger partial charge in [0.25, 0.3) is 0 Å². The maximum Gasteiger partial charge on any atom is 0.0380 e.